The number of benzene rings is 2. The van der Waals surface area contributed by atoms with Crippen molar-refractivity contribution in [2.24, 2.45) is 5.73 Å². The molecule has 0 aliphatic heterocycles. The molecule has 0 spiro atoms. The van der Waals surface area contributed by atoms with Gasteiger partial charge < -0.3 is 15.2 Å². The van der Waals surface area contributed by atoms with Gasteiger partial charge in [0.15, 0.2) is 0 Å². The fourth-order valence-corrected chi connectivity index (χ4v) is 1.94. The van der Waals surface area contributed by atoms with Crippen LogP contribution in [0.25, 0.3) is 0 Å². The molecule has 0 atom stereocenters. The lowest BCUT2D eigenvalue weighted by molar-refractivity contribution is 0.104. The lowest BCUT2D eigenvalue weighted by atomic mass is 10.1. The minimum absolute atomic E-state index is 0.190. The summed E-state index contributed by atoms with van der Waals surface area (Å²) in [7, 11) is 1.62. The molecule has 0 radical (unpaired) electrons. The fraction of sp³-hybridized carbons (Fsp3) is 0.250. The van der Waals surface area contributed by atoms with Crippen LogP contribution in [0.2, 0.25) is 0 Å². The van der Waals surface area contributed by atoms with E-state index in [1.807, 2.05) is 24.3 Å². The van der Waals surface area contributed by atoms with E-state index in [1.54, 1.807) is 25.3 Å². The highest BCUT2D eigenvalue weighted by atomic mass is 19.1. The van der Waals surface area contributed by atoms with E-state index in [-0.39, 0.29) is 19.0 Å². The van der Waals surface area contributed by atoms with E-state index in [9.17, 15) is 4.39 Å². The van der Waals surface area contributed by atoms with Gasteiger partial charge in [-0.25, -0.2) is 4.39 Å². The van der Waals surface area contributed by atoms with E-state index in [0.29, 0.717) is 17.7 Å². The first kappa shape index (κ1) is 14.5. The average Bonchev–Trinajstić information content (AvgIpc) is 2.49. The quantitative estimate of drug-likeness (QED) is 0.881. The van der Waals surface area contributed by atoms with Crippen molar-refractivity contribution in [3.05, 3.63) is 65.0 Å². The second-order valence-corrected chi connectivity index (χ2v) is 4.44. The Labute approximate surface area is 118 Å². The molecule has 0 aliphatic carbocycles. The number of hydrogen-bond donors (Lipinski definition) is 1. The van der Waals surface area contributed by atoms with Gasteiger partial charge in [-0.15, -0.1) is 0 Å². The summed E-state index contributed by atoms with van der Waals surface area (Å²) in [4.78, 5) is 0. The highest BCUT2D eigenvalue weighted by Crippen LogP contribution is 2.16. The van der Waals surface area contributed by atoms with E-state index in [2.05, 4.69) is 0 Å². The van der Waals surface area contributed by atoms with Gasteiger partial charge in [-0.05, 0) is 17.7 Å². The molecule has 2 aromatic carbocycles. The molecule has 0 saturated carbocycles. The van der Waals surface area contributed by atoms with Crippen LogP contribution in [0.15, 0.2) is 42.5 Å². The van der Waals surface area contributed by atoms with Crippen molar-refractivity contribution < 1.29 is 13.9 Å². The summed E-state index contributed by atoms with van der Waals surface area (Å²) >= 11 is 0. The van der Waals surface area contributed by atoms with E-state index in [0.717, 1.165) is 11.3 Å². The Balaban J connectivity index is 1.96. The summed E-state index contributed by atoms with van der Waals surface area (Å²) in [5.74, 6) is 0.503. The van der Waals surface area contributed by atoms with Crippen LogP contribution in [0.1, 0.15) is 16.7 Å². The van der Waals surface area contributed by atoms with E-state index in [4.69, 9.17) is 15.2 Å². The molecule has 20 heavy (non-hydrogen) atoms. The van der Waals surface area contributed by atoms with E-state index >= 15 is 0 Å². The molecule has 0 saturated heterocycles. The Bertz CT molecular complexity index is 572. The predicted octanol–water partition coefficient (Wildman–Crippen LogP) is 3.01. The van der Waals surface area contributed by atoms with Crippen molar-refractivity contribution >= 4 is 0 Å². The third kappa shape index (κ3) is 3.56. The average molecular weight is 275 g/mol. The van der Waals surface area contributed by atoms with Crippen LogP contribution >= 0.6 is 0 Å². The second kappa shape index (κ2) is 7.03. The standard InChI is InChI=1S/C16H18FNO2/c1-19-15-7-2-4-12(8-15)10-20-11-14-6-3-5-13(9-18)16(14)17/h2-8H,9-11,18H2,1H3. The molecular weight excluding hydrogens is 257 g/mol. The number of nitrogens with two attached hydrogens (primary N) is 1. The van der Waals surface area contributed by atoms with Gasteiger partial charge in [-0.2, -0.15) is 0 Å². The Morgan fingerprint density at radius 2 is 1.80 bits per heavy atom. The molecule has 0 unspecified atom stereocenters. The Hall–Kier alpha value is -1.91. The second-order valence-electron chi connectivity index (χ2n) is 4.44. The summed E-state index contributed by atoms with van der Waals surface area (Å²) in [5.41, 5.74) is 7.49. The number of rotatable bonds is 6. The molecular formula is C16H18FNO2. The van der Waals surface area contributed by atoms with Crippen molar-refractivity contribution in [3.63, 3.8) is 0 Å². The van der Waals surface area contributed by atoms with Gasteiger partial charge in [-0.1, -0.05) is 30.3 Å². The van der Waals surface area contributed by atoms with Crippen molar-refractivity contribution in [2.75, 3.05) is 7.11 Å². The first-order valence-electron chi connectivity index (χ1n) is 6.41. The highest BCUT2D eigenvalue weighted by molar-refractivity contribution is 5.28. The van der Waals surface area contributed by atoms with Crippen molar-refractivity contribution in [1.29, 1.82) is 0 Å². The lowest BCUT2D eigenvalue weighted by Crippen LogP contribution is -2.04. The molecule has 2 rings (SSSR count). The van der Waals surface area contributed by atoms with E-state index < -0.39 is 0 Å². The zero-order chi connectivity index (χ0) is 14.4. The van der Waals surface area contributed by atoms with Crippen LogP contribution in [0.3, 0.4) is 0 Å². The summed E-state index contributed by atoms with van der Waals surface area (Å²) in [6.07, 6.45) is 0. The summed E-state index contributed by atoms with van der Waals surface area (Å²) in [6, 6.07) is 12.8. The maximum Gasteiger partial charge on any atom is 0.133 e. The van der Waals surface area contributed by atoms with Gasteiger partial charge in [0, 0.05) is 17.7 Å². The SMILES string of the molecule is COc1cccc(COCc2cccc(CN)c2F)c1. The number of halogens is 1. The molecule has 0 bridgehead atoms. The summed E-state index contributed by atoms with van der Waals surface area (Å²) < 4.78 is 24.6. The zero-order valence-corrected chi connectivity index (χ0v) is 11.4. The van der Waals surface area contributed by atoms with Crippen LogP contribution in [-0.2, 0) is 24.5 Å². The number of ether oxygens (including phenoxy) is 2. The van der Waals surface area contributed by atoms with Crippen LogP contribution in [0, 0.1) is 5.82 Å². The zero-order valence-electron chi connectivity index (χ0n) is 11.4. The molecule has 0 heterocycles. The van der Waals surface area contributed by atoms with Crippen LogP contribution in [0.5, 0.6) is 5.75 Å². The molecule has 2 N–H and O–H groups in total. The fourth-order valence-electron chi connectivity index (χ4n) is 1.94. The molecule has 2 aromatic rings. The maximum atomic E-state index is 13.9. The van der Waals surface area contributed by atoms with Crippen molar-refractivity contribution in [3.8, 4) is 5.75 Å². The van der Waals surface area contributed by atoms with Gasteiger partial charge in [-0.3, -0.25) is 0 Å². The first-order chi connectivity index (χ1) is 9.74. The maximum absolute atomic E-state index is 13.9. The van der Waals surface area contributed by atoms with E-state index in [1.165, 1.54) is 0 Å². The summed E-state index contributed by atoms with van der Waals surface area (Å²) in [6.45, 7) is 0.815. The highest BCUT2D eigenvalue weighted by Gasteiger charge is 2.06. The molecule has 0 aromatic heterocycles. The van der Waals surface area contributed by atoms with Gasteiger partial charge in [0.05, 0.1) is 20.3 Å². The van der Waals surface area contributed by atoms with Gasteiger partial charge in [0.25, 0.3) is 0 Å². The monoisotopic (exact) mass is 275 g/mol. The Morgan fingerprint density at radius 3 is 2.55 bits per heavy atom. The first-order valence-corrected chi connectivity index (χ1v) is 6.41. The van der Waals surface area contributed by atoms with Crippen molar-refractivity contribution in [2.45, 2.75) is 19.8 Å². The van der Waals surface area contributed by atoms with Gasteiger partial charge in [0.1, 0.15) is 11.6 Å². The van der Waals surface area contributed by atoms with Crippen LogP contribution in [0.4, 0.5) is 4.39 Å². The topological polar surface area (TPSA) is 44.5 Å². The molecule has 0 fully saturated rings. The molecule has 0 amide bonds. The largest absolute Gasteiger partial charge is 0.497 e. The van der Waals surface area contributed by atoms with Crippen LogP contribution < -0.4 is 10.5 Å². The van der Waals surface area contributed by atoms with Gasteiger partial charge in [0.2, 0.25) is 0 Å². The smallest absolute Gasteiger partial charge is 0.133 e. The van der Waals surface area contributed by atoms with Crippen molar-refractivity contribution in [1.82, 2.24) is 0 Å². The number of methoxy groups -OCH3 is 1. The molecule has 4 heteroatoms. The van der Waals surface area contributed by atoms with Gasteiger partial charge >= 0.3 is 0 Å². The lowest BCUT2D eigenvalue weighted by Gasteiger charge is -2.09. The summed E-state index contributed by atoms with van der Waals surface area (Å²) in [5, 5.41) is 0. The Morgan fingerprint density at radius 1 is 1.05 bits per heavy atom. The third-order valence-corrected chi connectivity index (χ3v) is 3.04. The molecule has 0 aliphatic rings. The minimum Gasteiger partial charge on any atom is -0.497 e. The minimum atomic E-state index is -0.277. The normalized spacial score (nSPS) is 10.6. The number of hydrogen-bond acceptors (Lipinski definition) is 3. The molecule has 106 valence electrons. The predicted molar refractivity (Wildman–Crippen MR) is 75.8 cm³/mol. The molecule has 3 nitrogen and oxygen atoms in total. The third-order valence-electron chi connectivity index (χ3n) is 3.04. The van der Waals surface area contributed by atoms with Crippen LogP contribution in [-0.4, -0.2) is 7.11 Å². The Kier molecular flexibility index (Phi) is 5.09.